The van der Waals surface area contributed by atoms with Crippen LogP contribution >= 0.6 is 0 Å². The van der Waals surface area contributed by atoms with Crippen LogP contribution in [-0.2, 0) is 6.54 Å². The third-order valence-electron chi connectivity index (χ3n) is 6.11. The molecule has 1 N–H and O–H groups in total. The summed E-state index contributed by atoms with van der Waals surface area (Å²) in [6, 6.07) is 18.6. The molecule has 0 aliphatic carbocycles. The molecule has 2 aromatic carbocycles. The zero-order valence-electron chi connectivity index (χ0n) is 20.0. The number of benzene rings is 2. The smallest absolute Gasteiger partial charge is 0.280 e. The normalized spacial score (nSPS) is 11.4. The van der Waals surface area contributed by atoms with E-state index in [1.165, 1.54) is 12.3 Å². The number of halogens is 2. The minimum absolute atomic E-state index is 0.0628. The third-order valence-corrected chi connectivity index (χ3v) is 6.11. The molecule has 3 aromatic heterocycles. The molecule has 0 saturated carbocycles. The van der Waals surface area contributed by atoms with E-state index in [0.717, 1.165) is 21.3 Å². The van der Waals surface area contributed by atoms with Crippen LogP contribution in [0.2, 0.25) is 0 Å². The van der Waals surface area contributed by atoms with Crippen molar-refractivity contribution < 1.29 is 13.6 Å². The Hall–Kier alpha value is -4.40. The topological polar surface area (TPSA) is 77.1 Å². The van der Waals surface area contributed by atoms with Crippen LogP contribution in [0.1, 0.15) is 45.0 Å². The van der Waals surface area contributed by atoms with E-state index in [2.05, 4.69) is 20.5 Å². The quantitative estimate of drug-likeness (QED) is 0.331. The number of amides is 1. The highest BCUT2D eigenvalue weighted by molar-refractivity contribution is 6.08. The fourth-order valence-corrected chi connectivity index (χ4v) is 4.14. The number of hydrogen-bond donors (Lipinski definition) is 1. The number of hydrogen-bond acceptors (Lipinski definition) is 4. The number of rotatable bonds is 6. The zero-order valence-corrected chi connectivity index (χ0v) is 20.0. The fraction of sp³-hybridized carbons (Fsp3) is 0.185. The number of nitrogens with zero attached hydrogens (tertiary/aromatic N) is 5. The summed E-state index contributed by atoms with van der Waals surface area (Å²) >= 11 is 0. The Morgan fingerprint density at radius 1 is 1.03 bits per heavy atom. The van der Waals surface area contributed by atoms with Crippen molar-refractivity contribution >= 4 is 17.2 Å². The lowest BCUT2D eigenvalue weighted by molar-refractivity contribution is 0.102. The molecule has 7 nitrogen and oxygen atoms in total. The van der Waals surface area contributed by atoms with Gasteiger partial charge in [-0.2, -0.15) is 10.2 Å². The van der Waals surface area contributed by atoms with Crippen LogP contribution in [0.4, 0.5) is 14.5 Å². The number of anilines is 1. The van der Waals surface area contributed by atoms with Crippen molar-refractivity contribution in [2.75, 3.05) is 5.32 Å². The highest BCUT2D eigenvalue weighted by atomic mass is 19.3. The van der Waals surface area contributed by atoms with Crippen LogP contribution in [0.15, 0.2) is 66.9 Å². The minimum atomic E-state index is -2.80. The van der Waals surface area contributed by atoms with E-state index in [0.29, 0.717) is 29.2 Å². The second-order valence-corrected chi connectivity index (χ2v) is 8.67. The van der Waals surface area contributed by atoms with E-state index in [4.69, 9.17) is 0 Å². The van der Waals surface area contributed by atoms with Crippen LogP contribution in [0, 0.1) is 20.8 Å². The van der Waals surface area contributed by atoms with Crippen LogP contribution < -0.4 is 5.32 Å². The molecule has 0 unspecified atom stereocenters. The van der Waals surface area contributed by atoms with Crippen molar-refractivity contribution in [3.05, 3.63) is 101 Å². The molecular weight excluding hydrogens is 462 g/mol. The van der Waals surface area contributed by atoms with Gasteiger partial charge in [-0.25, -0.2) is 18.3 Å². The summed E-state index contributed by atoms with van der Waals surface area (Å²) in [5.41, 5.74) is 4.96. The monoisotopic (exact) mass is 486 g/mol. The molecule has 0 radical (unpaired) electrons. The summed E-state index contributed by atoms with van der Waals surface area (Å²) in [6.07, 6.45) is -1.53. The first-order chi connectivity index (χ1) is 17.3. The molecule has 5 rings (SSSR count). The number of carbonyl (C=O) groups excluding carboxylic acids is 1. The number of fused-ring (bicyclic) bond motifs is 1. The van der Waals surface area contributed by atoms with Crippen molar-refractivity contribution in [1.29, 1.82) is 0 Å². The van der Waals surface area contributed by atoms with Gasteiger partial charge in [0.05, 0.1) is 35.5 Å². The van der Waals surface area contributed by atoms with E-state index >= 15 is 0 Å². The van der Waals surface area contributed by atoms with E-state index in [1.54, 1.807) is 0 Å². The third kappa shape index (κ3) is 4.35. The maximum Gasteiger partial charge on any atom is 0.280 e. The summed E-state index contributed by atoms with van der Waals surface area (Å²) in [6.45, 7) is 6.18. The molecule has 0 fully saturated rings. The van der Waals surface area contributed by atoms with Gasteiger partial charge in [0, 0.05) is 5.56 Å². The Balaban J connectivity index is 1.51. The summed E-state index contributed by atoms with van der Waals surface area (Å²) in [5.74, 6) is -0.496. The fourth-order valence-electron chi connectivity index (χ4n) is 4.14. The van der Waals surface area contributed by atoms with Crippen molar-refractivity contribution in [2.24, 2.45) is 0 Å². The van der Waals surface area contributed by atoms with Gasteiger partial charge in [0.2, 0.25) is 0 Å². The van der Waals surface area contributed by atoms with Gasteiger partial charge in [-0.05, 0) is 32.4 Å². The Bertz CT molecular complexity index is 1560. The lowest BCUT2D eigenvalue weighted by Gasteiger charge is -2.09. The largest absolute Gasteiger partial charge is 0.319 e. The maximum atomic E-state index is 13.9. The van der Waals surface area contributed by atoms with Crippen molar-refractivity contribution in [3.8, 4) is 11.3 Å². The SMILES string of the molecule is Cc1ccc(-c2cc(C(F)F)n3ncc(C(=O)Nc4c(C)nn(Cc5ccccc5)c4C)c3n2)cc1. The molecule has 0 aliphatic rings. The highest BCUT2D eigenvalue weighted by Crippen LogP contribution is 2.28. The average molecular weight is 487 g/mol. The highest BCUT2D eigenvalue weighted by Gasteiger charge is 2.23. The first kappa shape index (κ1) is 23.3. The van der Waals surface area contributed by atoms with Gasteiger partial charge < -0.3 is 5.32 Å². The molecule has 0 atom stereocenters. The van der Waals surface area contributed by atoms with E-state index < -0.39 is 12.3 Å². The molecule has 5 aromatic rings. The van der Waals surface area contributed by atoms with E-state index in [9.17, 15) is 13.6 Å². The number of aryl methyl sites for hydroxylation is 2. The molecule has 182 valence electrons. The van der Waals surface area contributed by atoms with Crippen LogP contribution in [-0.4, -0.2) is 30.3 Å². The van der Waals surface area contributed by atoms with Crippen molar-refractivity contribution in [2.45, 2.75) is 33.7 Å². The summed E-state index contributed by atoms with van der Waals surface area (Å²) in [5, 5.41) is 11.5. The number of aromatic nitrogens is 5. The molecule has 0 aliphatic heterocycles. The van der Waals surface area contributed by atoms with E-state index in [-0.39, 0.29) is 16.9 Å². The summed E-state index contributed by atoms with van der Waals surface area (Å²) < 4.78 is 30.6. The van der Waals surface area contributed by atoms with Crippen LogP contribution in [0.5, 0.6) is 0 Å². The average Bonchev–Trinajstić information content (AvgIpc) is 3.41. The first-order valence-corrected chi connectivity index (χ1v) is 11.4. The molecule has 9 heteroatoms. The Labute approximate surface area is 206 Å². The number of carbonyl (C=O) groups is 1. The molecule has 1 amide bonds. The van der Waals surface area contributed by atoms with Crippen LogP contribution in [0.25, 0.3) is 16.9 Å². The Morgan fingerprint density at radius 2 is 1.75 bits per heavy atom. The molecular formula is C27H24F2N6O. The van der Waals surface area contributed by atoms with Gasteiger partial charge in [-0.15, -0.1) is 0 Å². The summed E-state index contributed by atoms with van der Waals surface area (Å²) in [4.78, 5) is 17.8. The summed E-state index contributed by atoms with van der Waals surface area (Å²) in [7, 11) is 0. The lowest BCUT2D eigenvalue weighted by atomic mass is 10.1. The van der Waals surface area contributed by atoms with Gasteiger partial charge in [-0.3, -0.25) is 9.48 Å². The lowest BCUT2D eigenvalue weighted by Crippen LogP contribution is -2.14. The van der Waals surface area contributed by atoms with Crippen LogP contribution in [0.3, 0.4) is 0 Å². The molecule has 36 heavy (non-hydrogen) atoms. The van der Waals surface area contributed by atoms with Crippen molar-refractivity contribution in [3.63, 3.8) is 0 Å². The van der Waals surface area contributed by atoms with Gasteiger partial charge >= 0.3 is 0 Å². The predicted molar refractivity (Wildman–Crippen MR) is 133 cm³/mol. The van der Waals surface area contributed by atoms with E-state index in [1.807, 2.05) is 80.1 Å². The van der Waals surface area contributed by atoms with Gasteiger partial charge in [0.1, 0.15) is 11.3 Å². The second kappa shape index (κ2) is 9.33. The second-order valence-electron chi connectivity index (χ2n) is 8.67. The molecule has 0 spiro atoms. The predicted octanol–water partition coefficient (Wildman–Crippen LogP) is 5.76. The molecule has 0 bridgehead atoms. The minimum Gasteiger partial charge on any atom is -0.319 e. The maximum absolute atomic E-state index is 13.9. The zero-order chi connectivity index (χ0) is 25.4. The first-order valence-electron chi connectivity index (χ1n) is 11.4. The number of alkyl halides is 2. The van der Waals surface area contributed by atoms with Crippen molar-refractivity contribution in [1.82, 2.24) is 24.4 Å². The molecule has 0 saturated heterocycles. The standard InChI is InChI=1S/C27H24F2N6O/c1-16-9-11-20(12-10-16)22-13-23(25(28)29)35-26(31-22)21(14-30-35)27(36)32-24-17(2)33-34(18(24)3)15-19-7-5-4-6-8-19/h4-14,25H,15H2,1-3H3,(H,32,36). The van der Waals surface area contributed by atoms with Gasteiger partial charge in [-0.1, -0.05) is 60.2 Å². The molecule has 3 heterocycles. The van der Waals surface area contributed by atoms with Gasteiger partial charge in [0.15, 0.2) is 5.65 Å². The number of nitrogens with one attached hydrogen (secondary N) is 1. The van der Waals surface area contributed by atoms with Gasteiger partial charge in [0.25, 0.3) is 12.3 Å². The Morgan fingerprint density at radius 3 is 2.44 bits per heavy atom. The Kier molecular flexibility index (Phi) is 6.05.